The summed E-state index contributed by atoms with van der Waals surface area (Å²) in [4.78, 5) is 14.7. The van der Waals surface area contributed by atoms with Crippen LogP contribution >= 0.6 is 18.5 Å². The smallest absolute Gasteiger partial charge is 0.169 e. The molecule has 2 aliphatic rings. The summed E-state index contributed by atoms with van der Waals surface area (Å²) < 4.78 is 0. The molecule has 3 unspecified atom stereocenters. The standard InChI is InChI=1S/C19H29NOP2/c1-19(9-5-10-19)11-8-14-15(6-4-7-16(14)22)17(18(21)23)20-12-2-3-13-20/h4,6-7,17H,2-3,5,8-13,22-23H2,1H3. The molecule has 126 valence electrons. The molecule has 3 atom stereocenters. The van der Waals surface area contributed by atoms with Gasteiger partial charge in [0.05, 0.1) is 6.04 Å². The molecular formula is C19H29NOP2. The van der Waals surface area contributed by atoms with Gasteiger partial charge in [-0.1, -0.05) is 40.8 Å². The molecule has 1 saturated carbocycles. The summed E-state index contributed by atoms with van der Waals surface area (Å²) in [6.45, 7) is 4.51. The molecule has 1 aliphatic carbocycles. The third-order valence-corrected chi connectivity index (χ3v) is 6.71. The predicted octanol–water partition coefficient (Wildman–Crippen LogP) is 3.85. The molecule has 1 aromatic carbocycles. The van der Waals surface area contributed by atoms with Gasteiger partial charge in [-0.05, 0) is 73.5 Å². The van der Waals surface area contributed by atoms with Crippen molar-refractivity contribution in [2.75, 3.05) is 13.1 Å². The van der Waals surface area contributed by atoms with E-state index < -0.39 is 0 Å². The number of rotatable bonds is 6. The molecule has 0 bridgehead atoms. The van der Waals surface area contributed by atoms with E-state index in [1.807, 2.05) is 0 Å². The summed E-state index contributed by atoms with van der Waals surface area (Å²) in [5.74, 6) is 0. The number of hydrogen-bond acceptors (Lipinski definition) is 2. The molecule has 0 radical (unpaired) electrons. The lowest BCUT2D eigenvalue weighted by molar-refractivity contribution is -0.115. The van der Waals surface area contributed by atoms with Crippen LogP contribution in [0.15, 0.2) is 18.2 Å². The average molecular weight is 349 g/mol. The van der Waals surface area contributed by atoms with Crippen LogP contribution in [0, 0.1) is 5.41 Å². The van der Waals surface area contributed by atoms with Gasteiger partial charge >= 0.3 is 0 Å². The molecule has 2 nitrogen and oxygen atoms in total. The van der Waals surface area contributed by atoms with Crippen LogP contribution in [-0.2, 0) is 11.2 Å². The Labute approximate surface area is 145 Å². The predicted molar refractivity (Wildman–Crippen MR) is 104 cm³/mol. The van der Waals surface area contributed by atoms with E-state index in [4.69, 9.17) is 0 Å². The molecule has 2 fully saturated rings. The Balaban J connectivity index is 1.87. The van der Waals surface area contributed by atoms with Crippen LogP contribution in [0.5, 0.6) is 0 Å². The highest BCUT2D eigenvalue weighted by atomic mass is 31.0. The molecular weight excluding hydrogens is 320 g/mol. The van der Waals surface area contributed by atoms with E-state index >= 15 is 0 Å². The van der Waals surface area contributed by atoms with Gasteiger partial charge in [-0.3, -0.25) is 9.69 Å². The second kappa shape index (κ2) is 7.30. The second-order valence-corrected chi connectivity index (χ2v) is 8.82. The maximum atomic E-state index is 12.4. The van der Waals surface area contributed by atoms with E-state index in [1.165, 1.54) is 55.0 Å². The molecule has 0 aromatic heterocycles. The van der Waals surface area contributed by atoms with Crippen molar-refractivity contribution in [1.82, 2.24) is 4.90 Å². The van der Waals surface area contributed by atoms with Crippen LogP contribution in [0.2, 0.25) is 0 Å². The van der Waals surface area contributed by atoms with Gasteiger partial charge in [-0.25, -0.2) is 0 Å². The van der Waals surface area contributed by atoms with Crippen molar-refractivity contribution in [1.29, 1.82) is 0 Å². The summed E-state index contributed by atoms with van der Waals surface area (Å²) in [7, 11) is 5.32. The monoisotopic (exact) mass is 349 g/mol. The van der Waals surface area contributed by atoms with Gasteiger partial charge in [-0.2, -0.15) is 0 Å². The molecule has 0 spiro atoms. The first-order chi connectivity index (χ1) is 11.0. The molecule has 4 heteroatoms. The molecule has 1 aromatic rings. The van der Waals surface area contributed by atoms with Crippen LogP contribution in [-0.4, -0.2) is 23.5 Å². The SMILES string of the molecule is CC1(CCc2c(P)cccc2C(C(=O)P)N2CCCC2)CCC1. The maximum Gasteiger partial charge on any atom is 0.169 e. The number of carbonyl (C=O) groups is 1. The van der Waals surface area contributed by atoms with Crippen LogP contribution < -0.4 is 5.30 Å². The van der Waals surface area contributed by atoms with E-state index in [1.54, 1.807) is 0 Å². The van der Waals surface area contributed by atoms with Crippen molar-refractivity contribution in [2.45, 2.75) is 57.9 Å². The van der Waals surface area contributed by atoms with Crippen LogP contribution in [0.1, 0.15) is 62.6 Å². The third kappa shape index (κ3) is 3.87. The van der Waals surface area contributed by atoms with Crippen molar-refractivity contribution < 1.29 is 4.79 Å². The Bertz CT molecular complexity index is 577. The lowest BCUT2D eigenvalue weighted by Gasteiger charge is -2.39. The Kier molecular flexibility index (Phi) is 5.57. The first kappa shape index (κ1) is 17.5. The molecule has 1 heterocycles. The molecule has 3 rings (SSSR count). The van der Waals surface area contributed by atoms with Gasteiger partial charge in [-0.15, -0.1) is 9.24 Å². The van der Waals surface area contributed by atoms with Crippen LogP contribution in [0.3, 0.4) is 0 Å². The average Bonchev–Trinajstić information content (AvgIpc) is 2.98. The normalized spacial score (nSPS) is 21.9. The molecule has 1 aliphatic heterocycles. The topological polar surface area (TPSA) is 20.3 Å². The highest BCUT2D eigenvalue weighted by molar-refractivity contribution is 7.40. The lowest BCUT2D eigenvalue weighted by Crippen LogP contribution is -2.32. The quantitative estimate of drug-likeness (QED) is 0.727. The first-order valence-electron chi connectivity index (χ1n) is 8.91. The molecule has 23 heavy (non-hydrogen) atoms. The third-order valence-electron chi connectivity index (χ3n) is 5.86. The van der Waals surface area contributed by atoms with E-state index in [-0.39, 0.29) is 11.6 Å². The van der Waals surface area contributed by atoms with Crippen molar-refractivity contribution >= 4 is 29.3 Å². The lowest BCUT2D eigenvalue weighted by atomic mass is 9.67. The van der Waals surface area contributed by atoms with E-state index in [0.29, 0.717) is 5.41 Å². The fraction of sp³-hybridized carbons (Fsp3) is 0.632. The second-order valence-electron chi connectivity index (χ2n) is 7.63. The van der Waals surface area contributed by atoms with Gasteiger partial charge in [0.25, 0.3) is 0 Å². The largest absolute Gasteiger partial charge is 0.293 e. The summed E-state index contributed by atoms with van der Waals surface area (Å²) in [5.41, 5.74) is 3.36. The van der Waals surface area contributed by atoms with Crippen LogP contribution in [0.4, 0.5) is 0 Å². The Morgan fingerprint density at radius 3 is 2.52 bits per heavy atom. The maximum absolute atomic E-state index is 12.4. The van der Waals surface area contributed by atoms with Gasteiger partial charge in [0, 0.05) is 0 Å². The van der Waals surface area contributed by atoms with E-state index in [9.17, 15) is 4.79 Å². The summed E-state index contributed by atoms with van der Waals surface area (Å²) in [6, 6.07) is 6.37. The summed E-state index contributed by atoms with van der Waals surface area (Å²) in [5, 5.41) is 1.26. The van der Waals surface area contributed by atoms with Gasteiger partial charge in [0.1, 0.15) is 0 Å². The Hall–Kier alpha value is -0.290. The van der Waals surface area contributed by atoms with Crippen LogP contribution in [0.25, 0.3) is 0 Å². The minimum absolute atomic E-state index is 0.0767. The molecule has 0 N–H and O–H groups in total. The summed E-state index contributed by atoms with van der Waals surface area (Å²) >= 11 is 0. The number of benzene rings is 1. The minimum atomic E-state index is -0.0767. The van der Waals surface area contributed by atoms with Gasteiger partial charge in [0.2, 0.25) is 0 Å². The van der Waals surface area contributed by atoms with Crippen molar-refractivity contribution in [3.63, 3.8) is 0 Å². The van der Waals surface area contributed by atoms with Gasteiger partial charge < -0.3 is 0 Å². The van der Waals surface area contributed by atoms with Crippen molar-refractivity contribution in [3.8, 4) is 0 Å². The van der Waals surface area contributed by atoms with Gasteiger partial charge in [0.15, 0.2) is 5.52 Å². The zero-order chi connectivity index (χ0) is 16.4. The number of carbonyl (C=O) groups excluding carboxylic acids is 1. The zero-order valence-corrected chi connectivity index (χ0v) is 16.5. The Morgan fingerprint density at radius 1 is 1.26 bits per heavy atom. The first-order valence-corrected chi connectivity index (χ1v) is 10.1. The van der Waals surface area contributed by atoms with Crippen molar-refractivity contribution in [3.05, 3.63) is 29.3 Å². The highest BCUT2D eigenvalue weighted by Gasteiger charge is 2.33. The fourth-order valence-corrected chi connectivity index (χ4v) is 4.97. The van der Waals surface area contributed by atoms with Crippen molar-refractivity contribution in [2.24, 2.45) is 5.41 Å². The fourth-order valence-electron chi connectivity index (χ4n) is 4.15. The van der Waals surface area contributed by atoms with E-state index in [2.05, 4.69) is 48.5 Å². The Morgan fingerprint density at radius 2 is 1.96 bits per heavy atom. The number of nitrogens with zero attached hydrogens (tertiary/aromatic N) is 1. The van der Waals surface area contributed by atoms with E-state index in [0.717, 1.165) is 19.5 Å². The minimum Gasteiger partial charge on any atom is -0.293 e. The summed E-state index contributed by atoms with van der Waals surface area (Å²) in [6.07, 6.45) is 8.85. The number of hydrogen-bond donors (Lipinski definition) is 0. The highest BCUT2D eigenvalue weighted by Crippen LogP contribution is 2.44. The zero-order valence-electron chi connectivity index (χ0n) is 14.2. The number of likely N-dealkylation sites (tertiary alicyclic amines) is 1. The molecule has 0 amide bonds. The molecule has 1 saturated heterocycles.